The predicted molar refractivity (Wildman–Crippen MR) is 52.5 cm³/mol. The van der Waals surface area contributed by atoms with E-state index < -0.39 is 0 Å². The molecule has 1 aliphatic heterocycles. The van der Waals surface area contributed by atoms with Crippen LogP contribution in [0.25, 0.3) is 0 Å². The molecule has 2 heteroatoms. The van der Waals surface area contributed by atoms with E-state index in [1.807, 2.05) is 0 Å². The van der Waals surface area contributed by atoms with Crippen LogP contribution in [0.5, 0.6) is 0 Å². The van der Waals surface area contributed by atoms with Crippen LogP contribution in [0.3, 0.4) is 0 Å². The predicted octanol–water partition coefficient (Wildman–Crippen LogP) is 3.43. The molecule has 0 aliphatic carbocycles. The van der Waals surface area contributed by atoms with Gasteiger partial charge >= 0.3 is 0 Å². The summed E-state index contributed by atoms with van der Waals surface area (Å²) in [6.07, 6.45) is 2.86. The second-order valence-corrected chi connectivity index (χ2v) is 5.97. The average molecular weight is 176 g/mol. The SMILES string of the molecule is CC1CCSSCC(C)C1. The molecular formula is C8H16S2. The van der Waals surface area contributed by atoms with Crippen LogP contribution in [0, 0.1) is 11.8 Å². The topological polar surface area (TPSA) is 0 Å². The molecule has 0 nitrogen and oxygen atoms in total. The minimum Gasteiger partial charge on any atom is -0.0941 e. The molecule has 0 aromatic rings. The minimum atomic E-state index is 0.938. The summed E-state index contributed by atoms with van der Waals surface area (Å²) in [5, 5.41) is 0. The molecule has 0 spiro atoms. The van der Waals surface area contributed by atoms with Crippen molar-refractivity contribution in [2.45, 2.75) is 26.7 Å². The van der Waals surface area contributed by atoms with Crippen molar-refractivity contribution >= 4 is 21.6 Å². The minimum absolute atomic E-state index is 0.938. The van der Waals surface area contributed by atoms with Gasteiger partial charge in [0.1, 0.15) is 0 Å². The smallest absolute Gasteiger partial charge is 0.00627 e. The van der Waals surface area contributed by atoms with E-state index in [1.54, 1.807) is 0 Å². The van der Waals surface area contributed by atoms with Crippen LogP contribution in [0.4, 0.5) is 0 Å². The van der Waals surface area contributed by atoms with E-state index in [-0.39, 0.29) is 0 Å². The Labute approximate surface area is 71.9 Å². The van der Waals surface area contributed by atoms with E-state index in [2.05, 4.69) is 35.4 Å². The molecular weight excluding hydrogens is 160 g/mol. The Kier molecular flexibility index (Phi) is 4.00. The molecule has 0 amide bonds. The van der Waals surface area contributed by atoms with Crippen molar-refractivity contribution in [1.29, 1.82) is 0 Å². The van der Waals surface area contributed by atoms with Gasteiger partial charge in [-0.05, 0) is 24.7 Å². The van der Waals surface area contributed by atoms with Crippen molar-refractivity contribution in [1.82, 2.24) is 0 Å². The molecule has 1 fully saturated rings. The highest BCUT2D eigenvalue weighted by Crippen LogP contribution is 2.32. The Bertz CT molecular complexity index is 83.3. The Morgan fingerprint density at radius 2 is 1.90 bits per heavy atom. The zero-order chi connectivity index (χ0) is 7.40. The first-order valence-electron chi connectivity index (χ1n) is 4.03. The van der Waals surface area contributed by atoms with Crippen molar-refractivity contribution < 1.29 is 0 Å². The molecule has 0 saturated carbocycles. The summed E-state index contributed by atoms with van der Waals surface area (Å²) in [6, 6.07) is 0. The average Bonchev–Trinajstić information content (AvgIpc) is 1.83. The van der Waals surface area contributed by atoms with Gasteiger partial charge in [-0.3, -0.25) is 0 Å². The summed E-state index contributed by atoms with van der Waals surface area (Å²) >= 11 is 0. The summed E-state index contributed by atoms with van der Waals surface area (Å²) in [5.74, 6) is 4.62. The Morgan fingerprint density at radius 1 is 1.10 bits per heavy atom. The second kappa shape index (κ2) is 4.55. The second-order valence-electron chi connectivity index (χ2n) is 3.34. The monoisotopic (exact) mass is 176 g/mol. The molecule has 0 aromatic carbocycles. The summed E-state index contributed by atoms with van der Waals surface area (Å²) < 4.78 is 0. The molecule has 0 radical (unpaired) electrons. The molecule has 10 heavy (non-hydrogen) atoms. The number of hydrogen-bond acceptors (Lipinski definition) is 2. The summed E-state index contributed by atoms with van der Waals surface area (Å²) in [4.78, 5) is 0. The molecule has 1 saturated heterocycles. The first-order valence-corrected chi connectivity index (χ1v) is 6.52. The van der Waals surface area contributed by atoms with Gasteiger partial charge in [-0.15, -0.1) is 0 Å². The quantitative estimate of drug-likeness (QED) is 0.519. The molecule has 0 bridgehead atoms. The van der Waals surface area contributed by atoms with Crippen LogP contribution in [-0.4, -0.2) is 11.5 Å². The molecule has 2 atom stereocenters. The maximum atomic E-state index is 2.38. The molecule has 2 unspecified atom stereocenters. The highest BCUT2D eigenvalue weighted by molar-refractivity contribution is 8.76. The third-order valence-electron chi connectivity index (χ3n) is 1.93. The number of hydrogen-bond donors (Lipinski definition) is 0. The third-order valence-corrected chi connectivity index (χ3v) is 4.62. The van der Waals surface area contributed by atoms with Crippen molar-refractivity contribution in [3.05, 3.63) is 0 Å². The van der Waals surface area contributed by atoms with Crippen molar-refractivity contribution in [2.24, 2.45) is 11.8 Å². The fraction of sp³-hybridized carbons (Fsp3) is 1.00. The summed E-state index contributed by atoms with van der Waals surface area (Å²) in [6.45, 7) is 4.75. The highest BCUT2D eigenvalue weighted by atomic mass is 33.1. The molecule has 0 aromatic heterocycles. The Hall–Kier alpha value is 0.700. The van der Waals surface area contributed by atoms with Crippen LogP contribution in [0.1, 0.15) is 26.7 Å². The lowest BCUT2D eigenvalue weighted by Crippen LogP contribution is -2.08. The summed E-state index contributed by atoms with van der Waals surface area (Å²) in [5.41, 5.74) is 0. The Balaban J connectivity index is 2.25. The maximum absolute atomic E-state index is 2.38. The van der Waals surface area contributed by atoms with E-state index in [1.165, 1.54) is 24.3 Å². The van der Waals surface area contributed by atoms with Gasteiger partial charge in [-0.2, -0.15) is 0 Å². The van der Waals surface area contributed by atoms with Crippen LogP contribution in [0.15, 0.2) is 0 Å². The zero-order valence-electron chi connectivity index (χ0n) is 6.80. The summed E-state index contributed by atoms with van der Waals surface area (Å²) in [7, 11) is 4.11. The van der Waals surface area contributed by atoms with Crippen LogP contribution < -0.4 is 0 Å². The lowest BCUT2D eigenvalue weighted by Gasteiger charge is -2.19. The van der Waals surface area contributed by atoms with E-state index >= 15 is 0 Å². The molecule has 1 aliphatic rings. The van der Waals surface area contributed by atoms with Gasteiger partial charge in [0, 0.05) is 11.5 Å². The third kappa shape index (κ3) is 3.20. The fourth-order valence-electron chi connectivity index (χ4n) is 1.35. The van der Waals surface area contributed by atoms with Gasteiger partial charge < -0.3 is 0 Å². The van der Waals surface area contributed by atoms with Crippen LogP contribution in [-0.2, 0) is 0 Å². The van der Waals surface area contributed by atoms with Crippen LogP contribution in [0.2, 0.25) is 0 Å². The normalized spacial score (nSPS) is 36.6. The first kappa shape index (κ1) is 8.79. The van der Waals surface area contributed by atoms with Crippen molar-refractivity contribution in [2.75, 3.05) is 11.5 Å². The van der Waals surface area contributed by atoms with E-state index in [0.29, 0.717) is 0 Å². The van der Waals surface area contributed by atoms with Gasteiger partial charge in [0.15, 0.2) is 0 Å². The molecule has 1 rings (SSSR count). The lowest BCUT2D eigenvalue weighted by molar-refractivity contribution is 0.435. The van der Waals surface area contributed by atoms with Gasteiger partial charge in [0.2, 0.25) is 0 Å². The van der Waals surface area contributed by atoms with E-state index in [0.717, 1.165) is 11.8 Å². The molecule has 1 heterocycles. The van der Waals surface area contributed by atoms with Gasteiger partial charge in [-0.25, -0.2) is 0 Å². The van der Waals surface area contributed by atoms with Crippen molar-refractivity contribution in [3.8, 4) is 0 Å². The Morgan fingerprint density at radius 3 is 2.70 bits per heavy atom. The first-order chi connectivity index (χ1) is 4.79. The van der Waals surface area contributed by atoms with E-state index in [9.17, 15) is 0 Å². The molecule has 0 N–H and O–H groups in total. The lowest BCUT2D eigenvalue weighted by atomic mass is 9.97. The maximum Gasteiger partial charge on any atom is 0.00627 e. The highest BCUT2D eigenvalue weighted by Gasteiger charge is 2.11. The van der Waals surface area contributed by atoms with Gasteiger partial charge in [0.25, 0.3) is 0 Å². The fourth-order valence-corrected chi connectivity index (χ4v) is 4.05. The van der Waals surface area contributed by atoms with Gasteiger partial charge in [-0.1, -0.05) is 35.4 Å². The number of rotatable bonds is 0. The van der Waals surface area contributed by atoms with E-state index in [4.69, 9.17) is 0 Å². The largest absolute Gasteiger partial charge is 0.0941 e. The van der Waals surface area contributed by atoms with Crippen molar-refractivity contribution in [3.63, 3.8) is 0 Å². The molecule has 60 valence electrons. The van der Waals surface area contributed by atoms with Crippen LogP contribution >= 0.6 is 21.6 Å². The van der Waals surface area contributed by atoms with Gasteiger partial charge in [0.05, 0.1) is 0 Å². The standard InChI is InChI=1S/C8H16S2/c1-7-3-4-9-10-6-8(2)5-7/h7-8H,3-6H2,1-2H3. The zero-order valence-corrected chi connectivity index (χ0v) is 8.43.